The lowest BCUT2D eigenvalue weighted by Crippen LogP contribution is -2.05. The number of alkyl halides is 3. The van der Waals surface area contributed by atoms with E-state index in [-0.39, 0.29) is 11.5 Å². The molecule has 0 aliphatic heterocycles. The molecule has 0 saturated carbocycles. The van der Waals surface area contributed by atoms with E-state index in [2.05, 4.69) is 15.3 Å². The molecule has 0 bridgehead atoms. The zero-order chi connectivity index (χ0) is 20.8. The number of anilines is 2. The van der Waals surface area contributed by atoms with Gasteiger partial charge in [0.25, 0.3) is 0 Å². The average molecular weight is 400 g/mol. The third kappa shape index (κ3) is 3.41. The van der Waals surface area contributed by atoms with Crippen LogP contribution in [0.2, 0.25) is 0 Å². The van der Waals surface area contributed by atoms with Crippen molar-refractivity contribution in [1.82, 2.24) is 14.5 Å². The summed E-state index contributed by atoms with van der Waals surface area (Å²) in [7, 11) is 0. The normalized spacial score (nSPS) is 11.8. The van der Waals surface area contributed by atoms with Gasteiger partial charge in [0.2, 0.25) is 0 Å². The van der Waals surface area contributed by atoms with Gasteiger partial charge in [0.05, 0.1) is 10.9 Å². The number of halogens is 4. The van der Waals surface area contributed by atoms with E-state index in [1.54, 1.807) is 18.2 Å². The third-order valence-electron chi connectivity index (χ3n) is 4.83. The van der Waals surface area contributed by atoms with Gasteiger partial charge in [-0.1, -0.05) is 6.07 Å². The topological polar surface area (TPSA) is 42.7 Å². The van der Waals surface area contributed by atoms with Gasteiger partial charge in [0.15, 0.2) is 5.65 Å². The highest BCUT2D eigenvalue weighted by atomic mass is 19.4. The lowest BCUT2D eigenvalue weighted by atomic mass is 10.2. The maximum absolute atomic E-state index is 13.3. The fourth-order valence-electron chi connectivity index (χ4n) is 3.31. The van der Waals surface area contributed by atoms with Crippen molar-refractivity contribution in [2.45, 2.75) is 20.0 Å². The molecule has 29 heavy (non-hydrogen) atoms. The van der Waals surface area contributed by atoms with Crippen molar-refractivity contribution < 1.29 is 17.6 Å². The first kappa shape index (κ1) is 18.9. The number of fused-ring (bicyclic) bond motifs is 1. The van der Waals surface area contributed by atoms with Gasteiger partial charge < -0.3 is 5.32 Å². The zero-order valence-electron chi connectivity index (χ0n) is 15.5. The van der Waals surface area contributed by atoms with E-state index >= 15 is 0 Å². The number of benzene rings is 2. The lowest BCUT2D eigenvalue weighted by molar-refractivity contribution is -0.137. The van der Waals surface area contributed by atoms with E-state index in [0.29, 0.717) is 16.9 Å². The van der Waals surface area contributed by atoms with Crippen LogP contribution < -0.4 is 5.32 Å². The lowest BCUT2D eigenvalue weighted by Gasteiger charge is -2.11. The number of hydrogen-bond acceptors (Lipinski definition) is 3. The summed E-state index contributed by atoms with van der Waals surface area (Å²) in [6, 6.07) is 10.9. The fourth-order valence-corrected chi connectivity index (χ4v) is 3.31. The minimum Gasteiger partial charge on any atom is -0.340 e. The molecular formula is C21H16F4N4. The van der Waals surface area contributed by atoms with Gasteiger partial charge in [0.1, 0.15) is 18.0 Å². The smallest absolute Gasteiger partial charge is 0.340 e. The van der Waals surface area contributed by atoms with E-state index < -0.39 is 11.7 Å². The molecule has 0 fully saturated rings. The second-order valence-electron chi connectivity index (χ2n) is 6.65. The van der Waals surface area contributed by atoms with Crippen molar-refractivity contribution in [2.75, 3.05) is 5.32 Å². The molecular weight excluding hydrogens is 384 g/mol. The van der Waals surface area contributed by atoms with Crippen molar-refractivity contribution >= 4 is 22.5 Å². The molecule has 2 aromatic heterocycles. The van der Waals surface area contributed by atoms with Crippen LogP contribution in [0.15, 0.2) is 54.9 Å². The largest absolute Gasteiger partial charge is 0.416 e. The molecule has 4 aromatic rings. The molecule has 0 atom stereocenters. The van der Waals surface area contributed by atoms with E-state index in [1.807, 2.05) is 18.4 Å². The number of hydrogen-bond donors (Lipinski definition) is 1. The highest BCUT2D eigenvalue weighted by molar-refractivity contribution is 5.94. The van der Waals surface area contributed by atoms with Crippen LogP contribution in [0.4, 0.5) is 29.1 Å². The molecule has 0 saturated heterocycles. The van der Waals surface area contributed by atoms with Crippen LogP contribution in [-0.4, -0.2) is 14.5 Å². The molecule has 0 amide bonds. The van der Waals surface area contributed by atoms with Crippen LogP contribution in [0.5, 0.6) is 0 Å². The monoisotopic (exact) mass is 400 g/mol. The quantitative estimate of drug-likeness (QED) is 0.433. The summed E-state index contributed by atoms with van der Waals surface area (Å²) in [5, 5.41) is 3.66. The molecule has 0 aliphatic carbocycles. The number of aromatic nitrogens is 3. The van der Waals surface area contributed by atoms with E-state index in [1.165, 1.54) is 24.5 Å². The van der Waals surface area contributed by atoms with Gasteiger partial charge in [-0.2, -0.15) is 13.2 Å². The molecule has 4 rings (SSSR count). The highest BCUT2D eigenvalue weighted by Crippen LogP contribution is 2.34. The number of aryl methyl sites for hydroxylation is 1. The summed E-state index contributed by atoms with van der Waals surface area (Å²) in [4.78, 5) is 8.60. The second kappa shape index (κ2) is 6.88. The average Bonchev–Trinajstić information content (AvgIpc) is 2.94. The number of nitrogens with zero attached hydrogens (tertiary/aromatic N) is 3. The van der Waals surface area contributed by atoms with Crippen molar-refractivity contribution in [3.63, 3.8) is 0 Å². The molecule has 1 N–H and O–H groups in total. The van der Waals surface area contributed by atoms with Gasteiger partial charge in [-0.3, -0.25) is 4.57 Å². The molecule has 0 radical (unpaired) electrons. The van der Waals surface area contributed by atoms with Crippen LogP contribution in [0.25, 0.3) is 16.7 Å². The third-order valence-corrected chi connectivity index (χ3v) is 4.83. The molecule has 2 heterocycles. The van der Waals surface area contributed by atoms with Crippen LogP contribution in [-0.2, 0) is 6.18 Å². The molecule has 4 nitrogen and oxygen atoms in total. The van der Waals surface area contributed by atoms with Crippen molar-refractivity contribution in [3.8, 4) is 5.69 Å². The van der Waals surface area contributed by atoms with Crippen LogP contribution in [0.3, 0.4) is 0 Å². The summed E-state index contributed by atoms with van der Waals surface area (Å²) in [5.41, 5.74) is 2.58. The number of rotatable bonds is 3. The van der Waals surface area contributed by atoms with Gasteiger partial charge in [-0.25, -0.2) is 14.4 Å². The Hall–Kier alpha value is -3.42. The Labute approximate surface area is 163 Å². The summed E-state index contributed by atoms with van der Waals surface area (Å²) in [6.45, 7) is 3.78. The maximum atomic E-state index is 13.3. The maximum Gasteiger partial charge on any atom is 0.416 e. The predicted molar refractivity (Wildman–Crippen MR) is 103 cm³/mol. The molecule has 8 heteroatoms. The first-order valence-corrected chi connectivity index (χ1v) is 8.78. The predicted octanol–water partition coefficient (Wildman–Crippen LogP) is 5.94. The van der Waals surface area contributed by atoms with Crippen molar-refractivity contribution in [2.24, 2.45) is 0 Å². The van der Waals surface area contributed by atoms with Gasteiger partial charge in [-0.05, 0) is 61.9 Å². The van der Waals surface area contributed by atoms with E-state index in [4.69, 9.17) is 0 Å². The second-order valence-corrected chi connectivity index (χ2v) is 6.65. The molecule has 0 unspecified atom stereocenters. The van der Waals surface area contributed by atoms with Gasteiger partial charge in [-0.15, -0.1) is 0 Å². The molecule has 148 valence electrons. The Morgan fingerprint density at radius 3 is 2.38 bits per heavy atom. The molecule has 0 aliphatic rings. The van der Waals surface area contributed by atoms with Crippen molar-refractivity contribution in [3.05, 3.63) is 77.5 Å². The summed E-state index contributed by atoms with van der Waals surface area (Å²) < 4.78 is 54.2. The van der Waals surface area contributed by atoms with Gasteiger partial charge >= 0.3 is 6.18 Å². The highest BCUT2D eigenvalue weighted by Gasteiger charge is 2.30. The number of nitrogens with one attached hydrogen (secondary N) is 1. The standard InChI is InChI=1S/C21H16F4N4/c1-12-13(2)29(17-8-6-15(22)7-9-17)20-18(12)19(26-11-27-20)28-16-5-3-4-14(10-16)21(23,24)25/h3-11H,1-2H3,(H,26,27,28). The van der Waals surface area contributed by atoms with E-state index in [9.17, 15) is 17.6 Å². The molecule has 2 aromatic carbocycles. The summed E-state index contributed by atoms with van der Waals surface area (Å²) in [6.07, 6.45) is -3.09. The van der Waals surface area contributed by atoms with Crippen LogP contribution >= 0.6 is 0 Å². The Balaban J connectivity index is 1.83. The summed E-state index contributed by atoms with van der Waals surface area (Å²) in [5.74, 6) is 0.0527. The molecule has 0 spiro atoms. The fraction of sp³-hybridized carbons (Fsp3) is 0.143. The van der Waals surface area contributed by atoms with E-state index in [0.717, 1.165) is 29.1 Å². The SMILES string of the molecule is Cc1c(C)n(-c2ccc(F)cc2)c2ncnc(Nc3cccc(C(F)(F)F)c3)c12. The Morgan fingerprint density at radius 1 is 0.966 bits per heavy atom. The van der Waals surface area contributed by atoms with Crippen LogP contribution in [0.1, 0.15) is 16.8 Å². The minimum atomic E-state index is -4.43. The van der Waals surface area contributed by atoms with Gasteiger partial charge in [0, 0.05) is 17.1 Å². The minimum absolute atomic E-state index is 0.270. The zero-order valence-corrected chi connectivity index (χ0v) is 15.5. The summed E-state index contributed by atoms with van der Waals surface area (Å²) >= 11 is 0. The Kier molecular flexibility index (Phi) is 4.49. The first-order valence-electron chi connectivity index (χ1n) is 8.78. The van der Waals surface area contributed by atoms with Crippen LogP contribution in [0, 0.1) is 19.7 Å². The van der Waals surface area contributed by atoms with Crippen molar-refractivity contribution in [1.29, 1.82) is 0 Å². The first-order chi connectivity index (χ1) is 13.8. The Morgan fingerprint density at radius 2 is 1.69 bits per heavy atom. The Bertz CT molecular complexity index is 1190.